The topological polar surface area (TPSA) is 179 Å². The third-order valence-electron chi connectivity index (χ3n) is 8.26. The fraction of sp³-hybridized carbons (Fsp3) is 0.465. The highest BCUT2D eigenvalue weighted by Crippen LogP contribution is 2.38. The predicted octanol–water partition coefficient (Wildman–Crippen LogP) is 8.39. The molecule has 1 aliphatic rings. The Labute approximate surface area is 343 Å². The number of ether oxygens (including phenoxy) is 4. The summed E-state index contributed by atoms with van der Waals surface area (Å²) in [4.78, 5) is 82.9. The molecule has 3 amide bonds. The van der Waals surface area contributed by atoms with E-state index in [1.807, 2.05) is 17.5 Å². The standard InChI is InChI=1S/C43H54N4O10S/c1-26(48)34-21-27(25-58-34)24-47(20-19-36(50)55-41(2,3)4)35(49)23-30-12-11-29-22-32(17-18-33(29)30)54-37(51)28-13-15-31(16-14-28)44-38(45-39(52)56-42(5,6)7)46-40(53)57-43(8,9)10/h13-18,21-22,25,30H,11-12,19-20,23-24H2,1-10H3,(H2,44,45,46,52,53). The minimum Gasteiger partial charge on any atom is -0.460 e. The summed E-state index contributed by atoms with van der Waals surface area (Å²) >= 11 is 1.33. The molecule has 0 spiro atoms. The zero-order chi connectivity index (χ0) is 43.0. The van der Waals surface area contributed by atoms with E-state index < -0.39 is 40.9 Å². The number of amides is 3. The molecule has 3 aromatic rings. The molecule has 0 fully saturated rings. The lowest BCUT2D eigenvalue weighted by Crippen LogP contribution is -2.47. The van der Waals surface area contributed by atoms with Crippen LogP contribution in [0.25, 0.3) is 0 Å². The van der Waals surface area contributed by atoms with E-state index in [1.165, 1.54) is 42.5 Å². The van der Waals surface area contributed by atoms with Crippen molar-refractivity contribution in [2.75, 3.05) is 6.54 Å². The Morgan fingerprint density at radius 3 is 1.97 bits per heavy atom. The number of nitrogens with one attached hydrogen (secondary N) is 2. The maximum atomic E-state index is 13.8. The maximum Gasteiger partial charge on any atom is 0.414 e. The van der Waals surface area contributed by atoms with Crippen molar-refractivity contribution in [3.63, 3.8) is 0 Å². The van der Waals surface area contributed by atoms with E-state index in [0.717, 1.165) is 23.1 Å². The van der Waals surface area contributed by atoms with Crippen molar-refractivity contribution in [2.45, 2.75) is 124 Å². The Hall–Kier alpha value is -5.57. The molecular weight excluding hydrogens is 765 g/mol. The van der Waals surface area contributed by atoms with Gasteiger partial charge in [0.05, 0.1) is 22.5 Å². The number of thiophene rings is 1. The van der Waals surface area contributed by atoms with Crippen LogP contribution >= 0.6 is 11.3 Å². The highest BCUT2D eigenvalue weighted by atomic mass is 32.1. The normalized spacial score (nSPS) is 13.7. The molecular formula is C43H54N4O10S. The zero-order valence-electron chi connectivity index (χ0n) is 34.9. The molecule has 0 aliphatic heterocycles. The van der Waals surface area contributed by atoms with Gasteiger partial charge in [0.2, 0.25) is 11.9 Å². The van der Waals surface area contributed by atoms with E-state index in [9.17, 15) is 28.8 Å². The second kappa shape index (κ2) is 18.8. The van der Waals surface area contributed by atoms with Gasteiger partial charge < -0.3 is 23.8 Å². The Bertz CT molecular complexity index is 2000. The lowest BCUT2D eigenvalue weighted by Gasteiger charge is -2.25. The van der Waals surface area contributed by atoms with Gasteiger partial charge in [-0.2, -0.15) is 0 Å². The van der Waals surface area contributed by atoms with E-state index in [1.54, 1.807) is 79.3 Å². The second-order valence-corrected chi connectivity index (χ2v) is 17.9. The predicted molar refractivity (Wildman–Crippen MR) is 220 cm³/mol. The number of nitrogens with zero attached hydrogens (tertiary/aromatic N) is 2. The summed E-state index contributed by atoms with van der Waals surface area (Å²) in [6.07, 6.45) is -0.0110. The number of fused-ring (bicyclic) bond motifs is 1. The molecule has 312 valence electrons. The first-order valence-corrected chi connectivity index (χ1v) is 19.9. The van der Waals surface area contributed by atoms with Crippen molar-refractivity contribution in [3.8, 4) is 5.75 Å². The van der Waals surface area contributed by atoms with Crippen molar-refractivity contribution in [3.05, 3.63) is 81.0 Å². The molecule has 1 aromatic heterocycles. The molecule has 1 atom stereocenters. The van der Waals surface area contributed by atoms with Crippen molar-refractivity contribution in [2.24, 2.45) is 4.99 Å². The third-order valence-corrected chi connectivity index (χ3v) is 9.34. The molecule has 0 bridgehead atoms. The van der Waals surface area contributed by atoms with Crippen LogP contribution in [0.1, 0.15) is 131 Å². The number of rotatable bonds is 11. The summed E-state index contributed by atoms with van der Waals surface area (Å²) < 4.78 is 21.8. The average molecular weight is 819 g/mol. The van der Waals surface area contributed by atoms with Gasteiger partial charge in [-0.05, 0) is 153 Å². The number of hydrogen-bond donors (Lipinski definition) is 2. The summed E-state index contributed by atoms with van der Waals surface area (Å²) in [6.45, 7) is 17.5. The van der Waals surface area contributed by atoms with Crippen LogP contribution in [0.4, 0.5) is 15.3 Å². The number of aliphatic imine (C=N–C) groups is 1. The molecule has 0 saturated carbocycles. The van der Waals surface area contributed by atoms with Crippen LogP contribution in [-0.4, -0.2) is 70.0 Å². The number of guanidine groups is 1. The monoisotopic (exact) mass is 818 g/mol. The number of aryl methyl sites for hydroxylation is 1. The van der Waals surface area contributed by atoms with Gasteiger partial charge in [-0.25, -0.2) is 19.4 Å². The molecule has 0 radical (unpaired) electrons. The first-order valence-electron chi connectivity index (χ1n) is 19.0. The molecule has 1 heterocycles. The number of ketones is 1. The van der Waals surface area contributed by atoms with Gasteiger partial charge in [0, 0.05) is 19.5 Å². The molecule has 4 rings (SSSR count). The SMILES string of the molecule is CC(=O)c1cc(CN(CCC(=O)OC(C)(C)C)C(=O)CC2CCc3cc(OC(=O)c4ccc(N=C(NC(=O)OC(C)(C)C)NC(=O)OC(C)(C)C)cc4)ccc32)cs1. The van der Waals surface area contributed by atoms with Crippen molar-refractivity contribution < 1.29 is 47.7 Å². The Morgan fingerprint density at radius 2 is 1.41 bits per heavy atom. The van der Waals surface area contributed by atoms with E-state index in [2.05, 4.69) is 15.6 Å². The number of benzene rings is 2. The zero-order valence-corrected chi connectivity index (χ0v) is 35.7. The molecule has 2 N–H and O–H groups in total. The Morgan fingerprint density at radius 1 is 0.810 bits per heavy atom. The van der Waals surface area contributed by atoms with Crippen LogP contribution in [0.2, 0.25) is 0 Å². The van der Waals surface area contributed by atoms with Gasteiger partial charge >= 0.3 is 24.1 Å². The fourth-order valence-electron chi connectivity index (χ4n) is 5.93. The maximum absolute atomic E-state index is 13.8. The molecule has 1 aliphatic carbocycles. The van der Waals surface area contributed by atoms with Gasteiger partial charge in [-0.1, -0.05) is 6.07 Å². The van der Waals surface area contributed by atoms with Crippen molar-refractivity contribution in [1.82, 2.24) is 15.5 Å². The van der Waals surface area contributed by atoms with E-state index in [0.29, 0.717) is 22.7 Å². The van der Waals surface area contributed by atoms with Crippen LogP contribution in [0.15, 0.2) is 58.9 Å². The van der Waals surface area contributed by atoms with Crippen molar-refractivity contribution in [1.29, 1.82) is 0 Å². The third kappa shape index (κ3) is 14.7. The summed E-state index contributed by atoms with van der Waals surface area (Å²) in [5.41, 5.74) is 1.08. The van der Waals surface area contributed by atoms with E-state index in [-0.39, 0.29) is 55.1 Å². The number of carbonyl (C=O) groups is 6. The first kappa shape index (κ1) is 45.1. The molecule has 58 heavy (non-hydrogen) atoms. The fourth-order valence-corrected chi connectivity index (χ4v) is 6.73. The van der Waals surface area contributed by atoms with Crippen LogP contribution < -0.4 is 15.4 Å². The summed E-state index contributed by atoms with van der Waals surface area (Å²) in [5.74, 6) is -1.13. The Balaban J connectivity index is 1.42. The minimum absolute atomic E-state index is 0.0380. The molecule has 15 heteroatoms. The van der Waals surface area contributed by atoms with Gasteiger partial charge in [0.15, 0.2) is 5.78 Å². The quantitative estimate of drug-likeness (QED) is 0.0477. The van der Waals surface area contributed by atoms with E-state index >= 15 is 0 Å². The van der Waals surface area contributed by atoms with Crippen LogP contribution in [0.5, 0.6) is 5.75 Å². The molecule has 14 nitrogen and oxygen atoms in total. The van der Waals surface area contributed by atoms with Gasteiger partial charge in [0.25, 0.3) is 0 Å². The molecule has 2 aromatic carbocycles. The summed E-state index contributed by atoms with van der Waals surface area (Å²) in [5, 5.41) is 6.69. The lowest BCUT2D eigenvalue weighted by molar-refractivity contribution is -0.155. The number of alkyl carbamates (subject to hydrolysis) is 2. The smallest absolute Gasteiger partial charge is 0.414 e. The second-order valence-electron chi connectivity index (χ2n) is 17.0. The van der Waals surface area contributed by atoms with Gasteiger partial charge in [-0.3, -0.25) is 25.0 Å². The van der Waals surface area contributed by atoms with Gasteiger partial charge in [0.1, 0.15) is 22.6 Å². The number of hydrogen-bond acceptors (Lipinski definition) is 12. The van der Waals surface area contributed by atoms with Crippen molar-refractivity contribution >= 4 is 58.8 Å². The van der Waals surface area contributed by atoms with E-state index in [4.69, 9.17) is 18.9 Å². The number of Topliss-reactive ketones (excluding diaryl/α,β-unsaturated/α-hetero) is 1. The minimum atomic E-state index is -0.841. The van der Waals surface area contributed by atoms with Crippen LogP contribution in [0.3, 0.4) is 0 Å². The largest absolute Gasteiger partial charge is 0.460 e. The number of esters is 2. The van der Waals surface area contributed by atoms with Gasteiger partial charge in [-0.15, -0.1) is 11.3 Å². The Kier molecular flexibility index (Phi) is 14.6. The van der Waals surface area contributed by atoms with Crippen LogP contribution in [0, 0.1) is 0 Å². The highest BCUT2D eigenvalue weighted by molar-refractivity contribution is 7.12. The van der Waals surface area contributed by atoms with Crippen LogP contribution in [-0.2, 0) is 36.8 Å². The highest BCUT2D eigenvalue weighted by Gasteiger charge is 2.29. The first-order chi connectivity index (χ1) is 26.9. The summed E-state index contributed by atoms with van der Waals surface area (Å²) in [6, 6.07) is 13.2. The summed E-state index contributed by atoms with van der Waals surface area (Å²) in [7, 11) is 0. The molecule has 1 unspecified atom stereocenters. The molecule has 0 saturated heterocycles. The lowest BCUT2D eigenvalue weighted by atomic mass is 9.97. The average Bonchev–Trinajstić information content (AvgIpc) is 3.71. The number of carbonyl (C=O) groups excluding carboxylic acids is 6.